The van der Waals surface area contributed by atoms with E-state index in [9.17, 15) is 18.0 Å². The summed E-state index contributed by atoms with van der Waals surface area (Å²) in [5.41, 5.74) is 3.45. The predicted molar refractivity (Wildman–Crippen MR) is 119 cm³/mol. The summed E-state index contributed by atoms with van der Waals surface area (Å²) in [5, 5.41) is 11.5. The highest BCUT2D eigenvalue weighted by Crippen LogP contribution is 2.36. The number of hydrogen-bond acceptors (Lipinski definition) is 5. The Kier molecular flexibility index (Phi) is 5.40. The molecule has 172 valence electrons. The Hall–Kier alpha value is -4.34. The second kappa shape index (κ2) is 8.54. The molecule has 1 amide bonds. The Morgan fingerprint density at radius 1 is 0.882 bits per heavy atom. The minimum absolute atomic E-state index is 0.0220. The number of amides is 1. The first-order valence-corrected chi connectivity index (χ1v) is 10.4. The second-order valence-corrected chi connectivity index (χ2v) is 7.64. The van der Waals surface area contributed by atoms with Gasteiger partial charge in [0.25, 0.3) is 5.91 Å². The van der Waals surface area contributed by atoms with Crippen LogP contribution in [0.3, 0.4) is 0 Å². The second-order valence-electron chi connectivity index (χ2n) is 7.64. The molecule has 5 rings (SSSR count). The number of para-hydroxylation sites is 4. The number of benzene rings is 3. The van der Waals surface area contributed by atoms with Gasteiger partial charge in [0.15, 0.2) is 0 Å². The van der Waals surface area contributed by atoms with Gasteiger partial charge in [-0.2, -0.15) is 0 Å². The van der Waals surface area contributed by atoms with Crippen LogP contribution in [-0.4, -0.2) is 27.3 Å². The van der Waals surface area contributed by atoms with Crippen LogP contribution >= 0.6 is 0 Å². The number of nitrogens with zero attached hydrogens (tertiary/aromatic N) is 4. The molecule has 0 atom stereocenters. The summed E-state index contributed by atoms with van der Waals surface area (Å²) in [6.07, 6.45) is -3.20. The van der Waals surface area contributed by atoms with E-state index in [4.69, 9.17) is 0 Å². The standard InChI is InChI=1S/C24H18F3N5O2/c25-24(26,27)34-22-12-6-1-7-16(22)13-31-14-17(29-30-31)15-32-21-11-5-4-10-20(21)28-19-9-3-2-8-18(19)23(32)33/h1-12,14,28H,13,15H2. The SMILES string of the molecule is O=C1c2ccccc2Nc2ccccc2N1Cc1cn(Cc2ccccc2OC(F)(F)F)nn1. The van der Waals surface area contributed by atoms with Gasteiger partial charge in [0.05, 0.1) is 41.9 Å². The molecule has 0 saturated heterocycles. The van der Waals surface area contributed by atoms with E-state index in [1.54, 1.807) is 29.3 Å². The summed E-state index contributed by atoms with van der Waals surface area (Å²) >= 11 is 0. The summed E-state index contributed by atoms with van der Waals surface area (Å²) < 4.78 is 43.7. The first-order chi connectivity index (χ1) is 16.4. The van der Waals surface area contributed by atoms with Gasteiger partial charge in [-0.15, -0.1) is 18.3 Å². The average molecular weight is 465 g/mol. The summed E-state index contributed by atoms with van der Waals surface area (Å²) in [7, 11) is 0. The van der Waals surface area contributed by atoms with Crippen molar-refractivity contribution in [3.63, 3.8) is 0 Å². The monoisotopic (exact) mass is 465 g/mol. The number of aromatic nitrogens is 3. The molecule has 0 fully saturated rings. The van der Waals surface area contributed by atoms with Crippen molar-refractivity contribution in [3.8, 4) is 5.75 Å². The largest absolute Gasteiger partial charge is 0.573 e. The van der Waals surface area contributed by atoms with Gasteiger partial charge in [-0.25, -0.2) is 4.68 Å². The van der Waals surface area contributed by atoms with Gasteiger partial charge in [-0.05, 0) is 30.3 Å². The van der Waals surface area contributed by atoms with E-state index in [2.05, 4.69) is 20.4 Å². The summed E-state index contributed by atoms with van der Waals surface area (Å²) in [6.45, 7) is 0.154. The fraction of sp³-hybridized carbons (Fsp3) is 0.125. The molecule has 1 N–H and O–H groups in total. The lowest BCUT2D eigenvalue weighted by Crippen LogP contribution is -2.30. The normalized spacial score (nSPS) is 13.0. The lowest BCUT2D eigenvalue weighted by molar-refractivity contribution is -0.274. The van der Waals surface area contributed by atoms with Crippen molar-refractivity contribution in [2.45, 2.75) is 19.5 Å². The maximum atomic E-state index is 13.4. The van der Waals surface area contributed by atoms with E-state index in [1.807, 2.05) is 36.4 Å². The molecule has 7 nitrogen and oxygen atoms in total. The topological polar surface area (TPSA) is 72.3 Å². The Morgan fingerprint density at radius 2 is 1.59 bits per heavy atom. The zero-order valence-corrected chi connectivity index (χ0v) is 17.7. The van der Waals surface area contributed by atoms with Crippen molar-refractivity contribution < 1.29 is 22.7 Å². The molecule has 0 aliphatic carbocycles. The minimum Gasteiger partial charge on any atom is -0.405 e. The quantitative estimate of drug-likeness (QED) is 0.443. The zero-order valence-electron chi connectivity index (χ0n) is 17.7. The molecule has 2 heterocycles. The van der Waals surface area contributed by atoms with Crippen LogP contribution in [0.5, 0.6) is 5.75 Å². The Bertz CT molecular complexity index is 1350. The molecular formula is C24H18F3N5O2. The third-order valence-electron chi connectivity index (χ3n) is 5.30. The first-order valence-electron chi connectivity index (χ1n) is 10.4. The Balaban J connectivity index is 1.41. The van der Waals surface area contributed by atoms with Crippen LogP contribution in [0.1, 0.15) is 21.6 Å². The lowest BCUT2D eigenvalue weighted by Gasteiger charge is -2.21. The van der Waals surface area contributed by atoms with E-state index < -0.39 is 6.36 Å². The van der Waals surface area contributed by atoms with E-state index in [0.717, 1.165) is 5.69 Å². The highest BCUT2D eigenvalue weighted by molar-refractivity contribution is 6.13. The molecule has 3 aromatic carbocycles. The molecular weight excluding hydrogens is 447 g/mol. The van der Waals surface area contributed by atoms with Crippen molar-refractivity contribution in [1.82, 2.24) is 15.0 Å². The highest BCUT2D eigenvalue weighted by Gasteiger charge is 2.32. The molecule has 4 aromatic rings. The number of halogens is 3. The van der Waals surface area contributed by atoms with Crippen molar-refractivity contribution >= 4 is 23.0 Å². The number of nitrogens with one attached hydrogen (secondary N) is 1. The summed E-state index contributed by atoms with van der Waals surface area (Å²) in [5.74, 6) is -0.502. The molecule has 0 saturated carbocycles. The smallest absolute Gasteiger partial charge is 0.405 e. The highest BCUT2D eigenvalue weighted by atomic mass is 19.4. The predicted octanol–water partition coefficient (Wildman–Crippen LogP) is 5.13. The van der Waals surface area contributed by atoms with Gasteiger partial charge < -0.3 is 15.0 Å². The van der Waals surface area contributed by atoms with Crippen molar-refractivity contribution in [3.05, 3.63) is 95.8 Å². The van der Waals surface area contributed by atoms with Crippen molar-refractivity contribution in [1.29, 1.82) is 0 Å². The molecule has 1 aromatic heterocycles. The van der Waals surface area contributed by atoms with Gasteiger partial charge in [-0.1, -0.05) is 47.7 Å². The number of carbonyl (C=O) groups is 1. The van der Waals surface area contributed by atoms with Gasteiger partial charge in [0, 0.05) is 5.56 Å². The first kappa shape index (κ1) is 21.5. The fourth-order valence-corrected chi connectivity index (χ4v) is 3.83. The van der Waals surface area contributed by atoms with E-state index >= 15 is 0 Å². The van der Waals surface area contributed by atoms with Gasteiger partial charge in [0.1, 0.15) is 11.4 Å². The van der Waals surface area contributed by atoms with Crippen molar-refractivity contribution in [2.75, 3.05) is 10.2 Å². The van der Waals surface area contributed by atoms with E-state index in [-0.39, 0.29) is 24.7 Å². The van der Waals surface area contributed by atoms with Crippen LogP contribution in [0.4, 0.5) is 30.2 Å². The average Bonchev–Trinajstić information content (AvgIpc) is 3.21. The van der Waals surface area contributed by atoms with Crippen LogP contribution in [0, 0.1) is 0 Å². The molecule has 0 radical (unpaired) electrons. The Morgan fingerprint density at radius 3 is 2.41 bits per heavy atom. The van der Waals surface area contributed by atoms with Crippen LogP contribution in [-0.2, 0) is 13.1 Å². The zero-order chi connectivity index (χ0) is 23.7. The number of alkyl halides is 3. The number of hydrogen-bond donors (Lipinski definition) is 1. The number of anilines is 3. The van der Waals surface area contributed by atoms with Crippen LogP contribution in [0.25, 0.3) is 0 Å². The lowest BCUT2D eigenvalue weighted by atomic mass is 10.1. The third-order valence-corrected chi connectivity index (χ3v) is 5.30. The number of fused-ring (bicyclic) bond motifs is 2. The summed E-state index contributed by atoms with van der Waals surface area (Å²) in [6, 6.07) is 20.5. The molecule has 1 aliphatic rings. The van der Waals surface area contributed by atoms with Crippen LogP contribution in [0.15, 0.2) is 79.0 Å². The van der Waals surface area contributed by atoms with Gasteiger partial charge in [0.2, 0.25) is 0 Å². The number of ether oxygens (including phenoxy) is 1. The number of rotatable bonds is 5. The van der Waals surface area contributed by atoms with Gasteiger partial charge >= 0.3 is 6.36 Å². The Labute approximate surface area is 192 Å². The van der Waals surface area contributed by atoms with Crippen LogP contribution in [0.2, 0.25) is 0 Å². The van der Waals surface area contributed by atoms with E-state index in [0.29, 0.717) is 28.2 Å². The third kappa shape index (κ3) is 4.42. The van der Waals surface area contributed by atoms with E-state index in [1.165, 1.54) is 22.9 Å². The molecule has 0 spiro atoms. The minimum atomic E-state index is -4.80. The maximum Gasteiger partial charge on any atom is 0.573 e. The molecule has 0 unspecified atom stereocenters. The molecule has 0 bridgehead atoms. The molecule has 10 heteroatoms. The summed E-state index contributed by atoms with van der Waals surface area (Å²) in [4.78, 5) is 15.0. The van der Waals surface area contributed by atoms with Gasteiger partial charge in [-0.3, -0.25) is 4.79 Å². The van der Waals surface area contributed by atoms with Crippen LogP contribution < -0.4 is 15.0 Å². The molecule has 34 heavy (non-hydrogen) atoms. The maximum absolute atomic E-state index is 13.4. The number of carbonyl (C=O) groups excluding carboxylic acids is 1. The fourth-order valence-electron chi connectivity index (χ4n) is 3.83. The molecule has 1 aliphatic heterocycles. The van der Waals surface area contributed by atoms with Crippen molar-refractivity contribution in [2.24, 2.45) is 0 Å².